The third-order valence-electron chi connectivity index (χ3n) is 2.70. The summed E-state index contributed by atoms with van der Waals surface area (Å²) >= 11 is 0. The van der Waals surface area contributed by atoms with Crippen molar-refractivity contribution in [3.05, 3.63) is 36.7 Å². The molecular weight excluding hydrogens is 214 g/mol. The van der Waals surface area contributed by atoms with Gasteiger partial charge in [0, 0.05) is 12.6 Å². The highest BCUT2D eigenvalue weighted by Crippen LogP contribution is 2.23. The number of allylic oxidation sites excluding steroid dienone is 1. The number of hydrogen-bond acceptors (Lipinski definition) is 3. The van der Waals surface area contributed by atoms with Crippen LogP contribution in [0.5, 0.6) is 5.75 Å². The maximum absolute atomic E-state index is 5.93. The zero-order valence-corrected chi connectivity index (χ0v) is 10.2. The molecule has 90 valence electrons. The molecule has 0 spiro atoms. The molecule has 1 heterocycles. The second kappa shape index (κ2) is 4.59. The molecule has 1 unspecified atom stereocenters. The first-order valence-electron chi connectivity index (χ1n) is 5.58. The van der Waals surface area contributed by atoms with Crippen molar-refractivity contribution in [1.82, 2.24) is 9.55 Å². The second-order valence-corrected chi connectivity index (χ2v) is 4.01. The van der Waals surface area contributed by atoms with Crippen LogP contribution in [-0.2, 0) is 6.54 Å². The van der Waals surface area contributed by atoms with E-state index in [4.69, 9.17) is 10.5 Å². The molecule has 1 aromatic carbocycles. The first-order valence-corrected chi connectivity index (χ1v) is 5.58. The van der Waals surface area contributed by atoms with Gasteiger partial charge in [0.1, 0.15) is 11.6 Å². The lowest BCUT2D eigenvalue weighted by Gasteiger charge is -2.08. The molecule has 0 saturated carbocycles. The van der Waals surface area contributed by atoms with E-state index in [-0.39, 0.29) is 6.04 Å². The molecule has 4 heteroatoms. The second-order valence-electron chi connectivity index (χ2n) is 4.01. The average Bonchev–Trinajstić information content (AvgIpc) is 2.68. The molecule has 4 nitrogen and oxygen atoms in total. The van der Waals surface area contributed by atoms with Crippen LogP contribution in [0.4, 0.5) is 0 Å². The number of aromatic nitrogens is 2. The normalized spacial score (nSPS) is 12.6. The first kappa shape index (κ1) is 11.7. The molecule has 0 radical (unpaired) electrons. The number of nitrogens with two attached hydrogens (primary N) is 1. The summed E-state index contributed by atoms with van der Waals surface area (Å²) in [5.74, 6) is 1.67. The minimum Gasteiger partial charge on any atom is -0.497 e. The highest BCUT2D eigenvalue weighted by molar-refractivity contribution is 5.78. The van der Waals surface area contributed by atoms with Crippen LogP contribution < -0.4 is 10.5 Å². The zero-order valence-electron chi connectivity index (χ0n) is 10.2. The predicted molar refractivity (Wildman–Crippen MR) is 69.1 cm³/mol. The number of ether oxygens (including phenoxy) is 1. The van der Waals surface area contributed by atoms with Crippen LogP contribution >= 0.6 is 0 Å². The lowest BCUT2D eigenvalue weighted by Crippen LogP contribution is -2.13. The van der Waals surface area contributed by atoms with E-state index in [0.29, 0.717) is 6.54 Å². The predicted octanol–water partition coefficient (Wildman–Crippen LogP) is 2.25. The lowest BCUT2D eigenvalue weighted by molar-refractivity contribution is 0.415. The van der Waals surface area contributed by atoms with E-state index >= 15 is 0 Å². The third-order valence-corrected chi connectivity index (χ3v) is 2.70. The van der Waals surface area contributed by atoms with Gasteiger partial charge < -0.3 is 15.0 Å². The SMILES string of the molecule is C=CCn1c(C(C)N)nc2cc(OC)ccc21. The summed E-state index contributed by atoms with van der Waals surface area (Å²) in [6, 6.07) is 5.74. The van der Waals surface area contributed by atoms with Crippen molar-refractivity contribution in [3.8, 4) is 5.75 Å². The van der Waals surface area contributed by atoms with Gasteiger partial charge in [-0.15, -0.1) is 6.58 Å². The van der Waals surface area contributed by atoms with Crippen molar-refractivity contribution in [1.29, 1.82) is 0 Å². The molecule has 1 aromatic heterocycles. The molecule has 0 aliphatic heterocycles. The Morgan fingerprint density at radius 1 is 1.59 bits per heavy atom. The summed E-state index contributed by atoms with van der Waals surface area (Å²) in [5.41, 5.74) is 7.89. The Morgan fingerprint density at radius 2 is 2.35 bits per heavy atom. The van der Waals surface area contributed by atoms with Crippen LogP contribution in [0.1, 0.15) is 18.8 Å². The van der Waals surface area contributed by atoms with Crippen molar-refractivity contribution >= 4 is 11.0 Å². The van der Waals surface area contributed by atoms with E-state index in [1.165, 1.54) is 0 Å². The minimum absolute atomic E-state index is 0.103. The summed E-state index contributed by atoms with van der Waals surface area (Å²) in [7, 11) is 1.65. The summed E-state index contributed by atoms with van der Waals surface area (Å²) in [6.07, 6.45) is 1.84. The fraction of sp³-hybridized carbons (Fsp3) is 0.308. The molecule has 2 aromatic rings. The number of fused-ring (bicyclic) bond motifs is 1. The van der Waals surface area contributed by atoms with Crippen LogP contribution in [0, 0.1) is 0 Å². The Kier molecular flexibility index (Phi) is 3.15. The zero-order chi connectivity index (χ0) is 12.4. The Hall–Kier alpha value is -1.81. The maximum atomic E-state index is 5.93. The van der Waals surface area contributed by atoms with Gasteiger partial charge in [0.25, 0.3) is 0 Å². The van der Waals surface area contributed by atoms with E-state index in [1.54, 1.807) is 7.11 Å². The van der Waals surface area contributed by atoms with Crippen LogP contribution in [0.3, 0.4) is 0 Å². The minimum atomic E-state index is -0.103. The summed E-state index contributed by atoms with van der Waals surface area (Å²) in [4.78, 5) is 4.55. The highest BCUT2D eigenvalue weighted by Gasteiger charge is 2.13. The molecule has 0 bridgehead atoms. The molecule has 0 amide bonds. The van der Waals surface area contributed by atoms with Crippen molar-refractivity contribution in [2.45, 2.75) is 19.5 Å². The monoisotopic (exact) mass is 231 g/mol. The van der Waals surface area contributed by atoms with Gasteiger partial charge in [-0.25, -0.2) is 4.98 Å². The van der Waals surface area contributed by atoms with Gasteiger partial charge in [0.15, 0.2) is 0 Å². The van der Waals surface area contributed by atoms with Crippen LogP contribution in [0.25, 0.3) is 11.0 Å². The number of hydrogen-bond donors (Lipinski definition) is 1. The molecular formula is C13H17N3O. The number of imidazole rings is 1. The van der Waals surface area contributed by atoms with Gasteiger partial charge in [-0.05, 0) is 19.1 Å². The highest BCUT2D eigenvalue weighted by atomic mass is 16.5. The first-order chi connectivity index (χ1) is 8.17. The Bertz CT molecular complexity index is 543. The Balaban J connectivity index is 2.65. The number of benzene rings is 1. The molecule has 0 fully saturated rings. The molecule has 0 aliphatic carbocycles. The van der Waals surface area contributed by atoms with Crippen LogP contribution in [0.2, 0.25) is 0 Å². The maximum Gasteiger partial charge on any atom is 0.126 e. The van der Waals surface area contributed by atoms with Crippen molar-refractivity contribution < 1.29 is 4.74 Å². The summed E-state index contributed by atoms with van der Waals surface area (Å²) in [6.45, 7) is 6.40. The number of nitrogens with zero attached hydrogens (tertiary/aromatic N) is 2. The van der Waals surface area contributed by atoms with Gasteiger partial charge in [-0.1, -0.05) is 6.08 Å². The fourth-order valence-electron chi connectivity index (χ4n) is 1.92. The molecule has 2 rings (SSSR count). The summed E-state index contributed by atoms with van der Waals surface area (Å²) in [5, 5.41) is 0. The van der Waals surface area contributed by atoms with Crippen molar-refractivity contribution in [3.63, 3.8) is 0 Å². The van der Waals surface area contributed by atoms with E-state index < -0.39 is 0 Å². The van der Waals surface area contributed by atoms with E-state index in [1.807, 2.05) is 31.2 Å². The van der Waals surface area contributed by atoms with Gasteiger partial charge in [0.05, 0.1) is 24.2 Å². The molecule has 0 saturated heterocycles. The average molecular weight is 231 g/mol. The summed E-state index contributed by atoms with van der Waals surface area (Å²) < 4.78 is 7.27. The quantitative estimate of drug-likeness (QED) is 0.821. The van der Waals surface area contributed by atoms with E-state index in [2.05, 4.69) is 16.1 Å². The van der Waals surface area contributed by atoms with Gasteiger partial charge in [-0.2, -0.15) is 0 Å². The van der Waals surface area contributed by atoms with Gasteiger partial charge in [0.2, 0.25) is 0 Å². The smallest absolute Gasteiger partial charge is 0.126 e. The molecule has 2 N–H and O–H groups in total. The Labute approximate surface area is 101 Å². The van der Waals surface area contributed by atoms with E-state index in [9.17, 15) is 0 Å². The fourth-order valence-corrected chi connectivity index (χ4v) is 1.92. The topological polar surface area (TPSA) is 53.1 Å². The van der Waals surface area contributed by atoms with Gasteiger partial charge >= 0.3 is 0 Å². The standard InChI is InChI=1S/C13H17N3O/c1-4-7-16-12-6-5-10(17-3)8-11(12)15-13(16)9(2)14/h4-6,8-9H,1,7,14H2,2-3H3. The van der Waals surface area contributed by atoms with Crippen LogP contribution in [0.15, 0.2) is 30.9 Å². The molecule has 1 atom stereocenters. The van der Waals surface area contributed by atoms with Crippen LogP contribution in [-0.4, -0.2) is 16.7 Å². The van der Waals surface area contributed by atoms with Crippen molar-refractivity contribution in [2.75, 3.05) is 7.11 Å². The number of rotatable bonds is 4. The Morgan fingerprint density at radius 3 is 2.94 bits per heavy atom. The molecule has 17 heavy (non-hydrogen) atoms. The van der Waals surface area contributed by atoms with Gasteiger partial charge in [-0.3, -0.25) is 0 Å². The lowest BCUT2D eigenvalue weighted by atomic mass is 10.3. The van der Waals surface area contributed by atoms with Crippen molar-refractivity contribution in [2.24, 2.45) is 5.73 Å². The van der Waals surface area contributed by atoms with E-state index in [0.717, 1.165) is 22.6 Å². The largest absolute Gasteiger partial charge is 0.497 e. The molecule has 0 aliphatic rings. The number of methoxy groups -OCH3 is 1. The third kappa shape index (κ3) is 2.03.